The Morgan fingerprint density at radius 3 is 2.08 bits per heavy atom. The maximum absolute atomic E-state index is 12.6. The van der Waals surface area contributed by atoms with Crippen molar-refractivity contribution in [1.29, 1.82) is 0 Å². The molecule has 1 unspecified atom stereocenters. The molecular weight excluding hydrogens is 412 g/mol. The smallest absolute Gasteiger partial charge is 0.337 e. The summed E-state index contributed by atoms with van der Waals surface area (Å²) in [4.78, 5) is 16.9. The van der Waals surface area contributed by atoms with E-state index in [0.29, 0.717) is 5.92 Å². The number of carbonyl (C=O) groups excluding carboxylic acids is 1. The van der Waals surface area contributed by atoms with Crippen molar-refractivity contribution in [2.45, 2.75) is 26.3 Å². The van der Waals surface area contributed by atoms with Crippen LogP contribution in [0.15, 0.2) is 28.7 Å². The van der Waals surface area contributed by atoms with Crippen LogP contribution in [0.25, 0.3) is 0 Å². The van der Waals surface area contributed by atoms with Crippen LogP contribution in [0.5, 0.6) is 0 Å². The first kappa shape index (κ1) is 22.0. The molecule has 2 N–H and O–H groups in total. The monoisotopic (exact) mass is 436 g/mol. The summed E-state index contributed by atoms with van der Waals surface area (Å²) in [5, 5.41) is 0. The Balaban J connectivity index is 0.000000550. The van der Waals surface area contributed by atoms with Crippen molar-refractivity contribution < 1.29 is 22.3 Å². The van der Waals surface area contributed by atoms with Crippen molar-refractivity contribution in [3.05, 3.63) is 34.3 Å². The summed E-state index contributed by atoms with van der Waals surface area (Å²) >= 11 is 3.40. The third kappa shape index (κ3) is 8.28. The van der Waals surface area contributed by atoms with E-state index in [2.05, 4.69) is 34.7 Å². The normalized spacial score (nSPS) is 15.8. The topological polar surface area (TPSA) is 98.2 Å². The summed E-state index contributed by atoms with van der Waals surface area (Å²) in [5.74, 6) is 0.566. The SMILES string of the molecule is CC(C)C(CN1CCC1)N(C)C(=O)c1ccc(Br)cc1.O=S(=O)(O)O. The number of amides is 1. The zero-order valence-electron chi connectivity index (χ0n) is 14.6. The highest BCUT2D eigenvalue weighted by Gasteiger charge is 2.27. The van der Waals surface area contributed by atoms with Crippen LogP contribution in [0, 0.1) is 5.92 Å². The highest BCUT2D eigenvalue weighted by atomic mass is 79.9. The zero-order chi connectivity index (χ0) is 19.2. The number of hydrogen-bond donors (Lipinski definition) is 2. The molecule has 0 bridgehead atoms. The number of halogens is 1. The molecule has 1 saturated heterocycles. The summed E-state index contributed by atoms with van der Waals surface area (Å²) < 4.78 is 32.6. The molecule has 25 heavy (non-hydrogen) atoms. The van der Waals surface area contributed by atoms with Gasteiger partial charge in [-0.05, 0) is 49.7 Å². The number of rotatable bonds is 5. The van der Waals surface area contributed by atoms with Gasteiger partial charge in [0.05, 0.1) is 0 Å². The van der Waals surface area contributed by atoms with E-state index >= 15 is 0 Å². The lowest BCUT2D eigenvalue weighted by atomic mass is 10.00. The van der Waals surface area contributed by atoms with Gasteiger partial charge in [-0.15, -0.1) is 0 Å². The van der Waals surface area contributed by atoms with Crippen LogP contribution >= 0.6 is 15.9 Å². The molecule has 1 heterocycles. The van der Waals surface area contributed by atoms with Crippen molar-refractivity contribution in [1.82, 2.24) is 9.80 Å². The van der Waals surface area contributed by atoms with Crippen molar-refractivity contribution in [3.63, 3.8) is 0 Å². The molecule has 1 aliphatic rings. The molecule has 0 spiro atoms. The van der Waals surface area contributed by atoms with Gasteiger partial charge in [0.25, 0.3) is 5.91 Å². The van der Waals surface area contributed by atoms with Gasteiger partial charge in [0.15, 0.2) is 0 Å². The van der Waals surface area contributed by atoms with Crippen molar-refractivity contribution in [2.75, 3.05) is 26.7 Å². The van der Waals surface area contributed by atoms with E-state index in [0.717, 1.165) is 16.6 Å². The van der Waals surface area contributed by atoms with Gasteiger partial charge in [-0.25, -0.2) is 0 Å². The second-order valence-electron chi connectivity index (χ2n) is 6.34. The van der Waals surface area contributed by atoms with Crippen molar-refractivity contribution in [3.8, 4) is 0 Å². The van der Waals surface area contributed by atoms with Gasteiger partial charge in [-0.1, -0.05) is 29.8 Å². The first-order valence-corrected chi connectivity index (χ1v) is 10.1. The second-order valence-corrected chi connectivity index (χ2v) is 8.15. The second kappa shape index (κ2) is 9.63. The third-order valence-corrected chi connectivity index (χ3v) is 4.60. The van der Waals surface area contributed by atoms with Crippen molar-refractivity contribution in [2.24, 2.45) is 5.92 Å². The minimum atomic E-state index is -4.67. The molecule has 7 nitrogen and oxygen atoms in total. The summed E-state index contributed by atoms with van der Waals surface area (Å²) in [5.41, 5.74) is 0.755. The molecule has 0 radical (unpaired) electrons. The van der Waals surface area contributed by atoms with E-state index in [1.807, 2.05) is 36.2 Å². The van der Waals surface area contributed by atoms with Gasteiger partial charge in [0, 0.05) is 29.7 Å². The van der Waals surface area contributed by atoms with E-state index < -0.39 is 10.4 Å². The molecule has 1 atom stereocenters. The molecule has 1 aliphatic heterocycles. The van der Waals surface area contributed by atoms with Crippen LogP contribution in [-0.4, -0.2) is 66.0 Å². The largest absolute Gasteiger partial charge is 0.394 e. The van der Waals surface area contributed by atoms with E-state index in [4.69, 9.17) is 17.5 Å². The number of likely N-dealkylation sites (tertiary alicyclic amines) is 1. The molecule has 1 aromatic carbocycles. The number of likely N-dealkylation sites (N-methyl/N-ethyl adjacent to an activating group) is 1. The molecule has 0 aromatic heterocycles. The first-order valence-electron chi connectivity index (χ1n) is 7.94. The fourth-order valence-corrected chi connectivity index (χ4v) is 2.82. The Bertz CT molecular complexity index is 652. The van der Waals surface area contributed by atoms with Gasteiger partial charge in [0.2, 0.25) is 0 Å². The first-order chi connectivity index (χ1) is 11.5. The Hall–Kier alpha value is -1.00. The number of benzene rings is 1. The lowest BCUT2D eigenvalue weighted by molar-refractivity contribution is 0.0564. The van der Waals surface area contributed by atoms with Crippen LogP contribution in [0.4, 0.5) is 0 Å². The van der Waals surface area contributed by atoms with Gasteiger partial charge in [0.1, 0.15) is 0 Å². The zero-order valence-corrected chi connectivity index (χ0v) is 17.0. The Kier molecular flexibility index (Phi) is 8.49. The van der Waals surface area contributed by atoms with Crippen LogP contribution in [0.2, 0.25) is 0 Å². The summed E-state index contributed by atoms with van der Waals surface area (Å²) in [6.07, 6.45) is 1.29. The van der Waals surface area contributed by atoms with Crippen LogP contribution in [-0.2, 0) is 10.4 Å². The van der Waals surface area contributed by atoms with E-state index in [9.17, 15) is 4.79 Å². The minimum absolute atomic E-state index is 0.108. The Morgan fingerprint density at radius 1 is 1.24 bits per heavy atom. The van der Waals surface area contributed by atoms with Gasteiger partial charge in [-0.2, -0.15) is 8.42 Å². The maximum atomic E-state index is 12.6. The molecule has 1 amide bonds. The van der Waals surface area contributed by atoms with Crippen molar-refractivity contribution >= 4 is 32.2 Å². The number of carbonyl (C=O) groups is 1. The quantitative estimate of drug-likeness (QED) is 0.688. The fourth-order valence-electron chi connectivity index (χ4n) is 2.56. The average molecular weight is 437 g/mol. The van der Waals surface area contributed by atoms with Crippen LogP contribution in [0.1, 0.15) is 30.6 Å². The summed E-state index contributed by atoms with van der Waals surface area (Å²) in [6, 6.07) is 7.86. The van der Waals surface area contributed by atoms with Crippen LogP contribution < -0.4 is 0 Å². The minimum Gasteiger partial charge on any atom is -0.337 e. The molecule has 0 saturated carbocycles. The average Bonchev–Trinajstić information content (AvgIpc) is 2.43. The molecular formula is C16H25BrN2O5S. The Morgan fingerprint density at radius 2 is 1.72 bits per heavy atom. The van der Waals surface area contributed by atoms with E-state index in [1.165, 1.54) is 19.5 Å². The molecule has 1 aromatic rings. The van der Waals surface area contributed by atoms with E-state index in [-0.39, 0.29) is 11.9 Å². The molecule has 9 heteroatoms. The van der Waals surface area contributed by atoms with Gasteiger partial charge >= 0.3 is 10.4 Å². The number of hydrogen-bond acceptors (Lipinski definition) is 4. The maximum Gasteiger partial charge on any atom is 0.394 e. The molecule has 2 rings (SSSR count). The third-order valence-electron chi connectivity index (χ3n) is 4.07. The van der Waals surface area contributed by atoms with Crippen LogP contribution in [0.3, 0.4) is 0 Å². The fraction of sp³-hybridized carbons (Fsp3) is 0.562. The lowest BCUT2D eigenvalue weighted by Gasteiger charge is -2.39. The highest BCUT2D eigenvalue weighted by molar-refractivity contribution is 9.10. The van der Waals surface area contributed by atoms with E-state index in [1.54, 1.807) is 0 Å². The predicted octanol–water partition coefficient (Wildman–Crippen LogP) is 2.60. The molecule has 142 valence electrons. The number of nitrogens with zero attached hydrogens (tertiary/aromatic N) is 2. The Labute approximate surface area is 157 Å². The van der Waals surface area contributed by atoms with Gasteiger partial charge in [-0.3, -0.25) is 13.9 Å². The predicted molar refractivity (Wildman–Crippen MR) is 100 cm³/mol. The standard InChI is InChI=1S/C16H23BrN2O.H2O4S/c1-12(2)15(11-19-9-4-10-19)18(3)16(20)13-5-7-14(17)8-6-13;1-5(2,3)4/h5-8,12,15H,4,9-11H2,1-3H3;(H2,1,2,3,4). The highest BCUT2D eigenvalue weighted by Crippen LogP contribution is 2.18. The lowest BCUT2D eigenvalue weighted by Crippen LogP contribution is -2.51. The molecule has 1 fully saturated rings. The summed E-state index contributed by atoms with van der Waals surface area (Å²) in [6.45, 7) is 7.70. The molecule has 0 aliphatic carbocycles. The summed E-state index contributed by atoms with van der Waals surface area (Å²) in [7, 11) is -2.74. The van der Waals surface area contributed by atoms with Gasteiger partial charge < -0.3 is 9.80 Å².